The molecule has 1 amide bonds. The zero-order valence-electron chi connectivity index (χ0n) is 13.5. The summed E-state index contributed by atoms with van der Waals surface area (Å²) in [5.41, 5.74) is 1.38. The average Bonchev–Trinajstić information content (AvgIpc) is 3.10. The second-order valence-corrected chi connectivity index (χ2v) is 6.63. The minimum Gasteiger partial charge on any atom is -0.342 e. The second-order valence-electron chi connectivity index (χ2n) is 6.63. The summed E-state index contributed by atoms with van der Waals surface area (Å²) in [6.07, 6.45) is 3.18. The van der Waals surface area contributed by atoms with Gasteiger partial charge >= 0.3 is 0 Å². The van der Waals surface area contributed by atoms with Crippen LogP contribution in [-0.2, 0) is 11.3 Å². The van der Waals surface area contributed by atoms with Gasteiger partial charge in [-0.1, -0.05) is 30.3 Å². The van der Waals surface area contributed by atoms with Crippen LogP contribution in [0.1, 0.15) is 24.8 Å². The maximum atomic E-state index is 12.5. The van der Waals surface area contributed by atoms with Crippen LogP contribution >= 0.6 is 0 Å². The fourth-order valence-electron chi connectivity index (χ4n) is 3.64. The summed E-state index contributed by atoms with van der Waals surface area (Å²) in [6, 6.07) is 11.1. The van der Waals surface area contributed by atoms with Crippen molar-refractivity contribution in [3.8, 4) is 0 Å². The van der Waals surface area contributed by atoms with Crippen LogP contribution in [0.3, 0.4) is 0 Å². The van der Waals surface area contributed by atoms with Crippen LogP contribution < -0.4 is 5.32 Å². The van der Waals surface area contributed by atoms with Gasteiger partial charge in [0.25, 0.3) is 0 Å². The molecule has 0 aliphatic carbocycles. The van der Waals surface area contributed by atoms with Crippen molar-refractivity contribution in [3.63, 3.8) is 0 Å². The lowest BCUT2D eigenvalue weighted by atomic mass is 10.00. The van der Waals surface area contributed by atoms with E-state index in [1.807, 2.05) is 11.9 Å². The predicted molar refractivity (Wildman–Crippen MR) is 88.5 cm³/mol. The fraction of sp³-hybridized carbons (Fsp3) is 0.611. The van der Waals surface area contributed by atoms with E-state index in [2.05, 4.69) is 40.5 Å². The zero-order valence-corrected chi connectivity index (χ0v) is 13.5. The Labute approximate surface area is 133 Å². The largest absolute Gasteiger partial charge is 0.342 e. The molecule has 0 saturated carbocycles. The van der Waals surface area contributed by atoms with E-state index >= 15 is 0 Å². The predicted octanol–water partition coefficient (Wildman–Crippen LogP) is 1.72. The Morgan fingerprint density at radius 3 is 2.59 bits per heavy atom. The molecule has 2 aliphatic heterocycles. The highest BCUT2D eigenvalue weighted by Gasteiger charge is 2.30. The number of carbonyl (C=O) groups excluding carboxylic acids is 1. The van der Waals surface area contributed by atoms with E-state index in [-0.39, 0.29) is 5.92 Å². The maximum absolute atomic E-state index is 12.5. The number of benzene rings is 1. The highest BCUT2D eigenvalue weighted by molar-refractivity contribution is 5.79. The quantitative estimate of drug-likeness (QED) is 0.920. The van der Waals surface area contributed by atoms with Gasteiger partial charge in [-0.3, -0.25) is 9.69 Å². The molecule has 1 aromatic rings. The Balaban J connectivity index is 1.47. The Morgan fingerprint density at radius 1 is 1.23 bits per heavy atom. The summed E-state index contributed by atoms with van der Waals surface area (Å²) >= 11 is 0. The Bertz CT molecular complexity index is 476. The van der Waals surface area contributed by atoms with Gasteiger partial charge in [-0.05, 0) is 31.4 Å². The molecule has 1 unspecified atom stereocenters. The lowest BCUT2D eigenvalue weighted by Crippen LogP contribution is -2.47. The second kappa shape index (κ2) is 7.25. The third kappa shape index (κ3) is 3.68. The molecule has 22 heavy (non-hydrogen) atoms. The van der Waals surface area contributed by atoms with E-state index in [9.17, 15) is 4.79 Å². The van der Waals surface area contributed by atoms with Gasteiger partial charge in [0.05, 0.1) is 5.92 Å². The van der Waals surface area contributed by atoms with Gasteiger partial charge in [0.15, 0.2) is 0 Å². The molecule has 2 heterocycles. The molecule has 0 bridgehead atoms. The van der Waals surface area contributed by atoms with Crippen molar-refractivity contribution < 1.29 is 4.79 Å². The SMILES string of the molecule is CN(C(=O)C1CCNC1)C1CCN(Cc2ccccc2)CC1. The number of hydrogen-bond donors (Lipinski definition) is 1. The van der Waals surface area contributed by atoms with Crippen molar-refractivity contribution in [2.45, 2.75) is 31.8 Å². The summed E-state index contributed by atoms with van der Waals surface area (Å²) in [6.45, 7) is 5.04. The van der Waals surface area contributed by atoms with Gasteiger partial charge in [0.1, 0.15) is 0 Å². The standard InChI is InChI=1S/C18H27N3O/c1-20(18(22)16-7-10-19-13-16)17-8-11-21(12-9-17)14-15-5-3-2-4-6-15/h2-6,16-17,19H,7-14H2,1H3. The van der Waals surface area contributed by atoms with Gasteiger partial charge in [-0.2, -0.15) is 0 Å². The first-order chi connectivity index (χ1) is 10.7. The van der Waals surface area contributed by atoms with Gasteiger partial charge < -0.3 is 10.2 Å². The molecule has 0 spiro atoms. The number of nitrogens with one attached hydrogen (secondary N) is 1. The van der Waals surface area contributed by atoms with Crippen molar-refractivity contribution in [2.24, 2.45) is 5.92 Å². The zero-order chi connectivity index (χ0) is 15.4. The van der Waals surface area contributed by atoms with Crippen molar-refractivity contribution in [2.75, 3.05) is 33.2 Å². The van der Waals surface area contributed by atoms with Gasteiger partial charge in [0, 0.05) is 39.3 Å². The third-order valence-electron chi connectivity index (χ3n) is 5.11. The lowest BCUT2D eigenvalue weighted by Gasteiger charge is -2.37. The first-order valence-corrected chi connectivity index (χ1v) is 8.47. The summed E-state index contributed by atoms with van der Waals surface area (Å²) in [4.78, 5) is 17.0. The van der Waals surface area contributed by atoms with Crippen LogP contribution in [0.25, 0.3) is 0 Å². The summed E-state index contributed by atoms with van der Waals surface area (Å²) in [5, 5.41) is 3.29. The van der Waals surface area contributed by atoms with E-state index in [1.54, 1.807) is 0 Å². The maximum Gasteiger partial charge on any atom is 0.227 e. The van der Waals surface area contributed by atoms with Crippen LogP contribution in [0.4, 0.5) is 0 Å². The molecule has 0 radical (unpaired) electrons. The molecular weight excluding hydrogens is 274 g/mol. The molecule has 0 aromatic heterocycles. The number of amides is 1. The third-order valence-corrected chi connectivity index (χ3v) is 5.11. The molecule has 1 atom stereocenters. The van der Waals surface area contributed by atoms with Crippen LogP contribution in [0.2, 0.25) is 0 Å². The lowest BCUT2D eigenvalue weighted by molar-refractivity contribution is -0.136. The summed E-state index contributed by atoms with van der Waals surface area (Å²) < 4.78 is 0. The van der Waals surface area contributed by atoms with E-state index in [1.165, 1.54) is 5.56 Å². The minimum absolute atomic E-state index is 0.201. The number of nitrogens with zero attached hydrogens (tertiary/aromatic N) is 2. The van der Waals surface area contributed by atoms with E-state index < -0.39 is 0 Å². The Hall–Kier alpha value is -1.39. The van der Waals surface area contributed by atoms with Crippen molar-refractivity contribution in [1.82, 2.24) is 15.1 Å². The molecule has 4 heteroatoms. The molecule has 1 N–H and O–H groups in total. The topological polar surface area (TPSA) is 35.6 Å². The molecule has 2 fully saturated rings. The van der Waals surface area contributed by atoms with Crippen LogP contribution in [0.5, 0.6) is 0 Å². The van der Waals surface area contributed by atoms with Crippen molar-refractivity contribution in [3.05, 3.63) is 35.9 Å². The molecule has 2 saturated heterocycles. The normalized spacial score (nSPS) is 23.6. The molecule has 2 aliphatic rings. The van der Waals surface area contributed by atoms with Crippen LogP contribution in [-0.4, -0.2) is 55.0 Å². The number of carbonyl (C=O) groups is 1. The molecule has 4 nitrogen and oxygen atoms in total. The van der Waals surface area contributed by atoms with E-state index in [0.717, 1.165) is 52.0 Å². The van der Waals surface area contributed by atoms with E-state index in [4.69, 9.17) is 0 Å². The monoisotopic (exact) mass is 301 g/mol. The molecule has 120 valence electrons. The van der Waals surface area contributed by atoms with Crippen LogP contribution in [0, 0.1) is 5.92 Å². The Kier molecular flexibility index (Phi) is 5.11. The summed E-state index contributed by atoms with van der Waals surface area (Å²) in [7, 11) is 2.00. The summed E-state index contributed by atoms with van der Waals surface area (Å²) in [5.74, 6) is 0.541. The van der Waals surface area contributed by atoms with Gasteiger partial charge in [-0.25, -0.2) is 0 Å². The van der Waals surface area contributed by atoms with Gasteiger partial charge in [0.2, 0.25) is 5.91 Å². The Morgan fingerprint density at radius 2 is 1.95 bits per heavy atom. The average molecular weight is 301 g/mol. The van der Waals surface area contributed by atoms with Crippen molar-refractivity contribution >= 4 is 5.91 Å². The number of rotatable bonds is 4. The first kappa shape index (κ1) is 15.5. The van der Waals surface area contributed by atoms with Crippen LogP contribution in [0.15, 0.2) is 30.3 Å². The highest BCUT2D eigenvalue weighted by Crippen LogP contribution is 2.20. The van der Waals surface area contributed by atoms with Crippen molar-refractivity contribution in [1.29, 1.82) is 0 Å². The first-order valence-electron chi connectivity index (χ1n) is 8.47. The fourth-order valence-corrected chi connectivity index (χ4v) is 3.64. The number of piperidine rings is 1. The molecule has 3 rings (SSSR count). The highest BCUT2D eigenvalue weighted by atomic mass is 16.2. The molecular formula is C18H27N3O. The van der Waals surface area contributed by atoms with E-state index in [0.29, 0.717) is 11.9 Å². The smallest absolute Gasteiger partial charge is 0.227 e. The number of hydrogen-bond acceptors (Lipinski definition) is 3. The molecule has 1 aromatic carbocycles. The number of likely N-dealkylation sites (tertiary alicyclic amines) is 1. The minimum atomic E-state index is 0.201. The van der Waals surface area contributed by atoms with Gasteiger partial charge in [-0.15, -0.1) is 0 Å².